The second-order valence-electron chi connectivity index (χ2n) is 6.83. The standard InChI is InChI=1S/C19H21N7S2/c1-12-22-14-6-9-26(10-16(14)28-12)17-5-2-4-13(23-17)15-11-27-19(24-15)25-18-20-7-3-8-21-18/h2,4-5,11H,3,6-10H2,1H3,(H2,20,21,24,25). The lowest BCUT2D eigenvalue weighted by atomic mass is 10.2. The van der Waals surface area contributed by atoms with Gasteiger partial charge in [-0.2, -0.15) is 0 Å². The maximum Gasteiger partial charge on any atom is 0.197 e. The molecule has 7 nitrogen and oxygen atoms in total. The van der Waals surface area contributed by atoms with Gasteiger partial charge in [0, 0.05) is 36.3 Å². The summed E-state index contributed by atoms with van der Waals surface area (Å²) in [5, 5.41) is 10.5. The van der Waals surface area contributed by atoms with Gasteiger partial charge in [-0.15, -0.1) is 22.7 Å². The summed E-state index contributed by atoms with van der Waals surface area (Å²) in [5.41, 5.74) is 3.04. The predicted octanol–water partition coefficient (Wildman–Crippen LogP) is 3.29. The van der Waals surface area contributed by atoms with Crippen LogP contribution in [0.2, 0.25) is 0 Å². The number of thiazole rings is 2. The number of nitrogens with one attached hydrogen (secondary N) is 2. The summed E-state index contributed by atoms with van der Waals surface area (Å²) in [6, 6.07) is 6.16. The number of guanidine groups is 1. The molecule has 2 aliphatic rings. The van der Waals surface area contributed by atoms with Crippen molar-refractivity contribution >= 4 is 39.6 Å². The lowest BCUT2D eigenvalue weighted by molar-refractivity contribution is 0.718. The van der Waals surface area contributed by atoms with E-state index in [-0.39, 0.29) is 0 Å². The van der Waals surface area contributed by atoms with E-state index in [0.717, 1.165) is 72.3 Å². The highest BCUT2D eigenvalue weighted by atomic mass is 32.1. The Hall–Kier alpha value is -2.52. The topological polar surface area (TPSA) is 78.3 Å². The van der Waals surface area contributed by atoms with Crippen LogP contribution >= 0.6 is 22.7 Å². The number of nitrogens with zero attached hydrogens (tertiary/aromatic N) is 5. The molecule has 3 aromatic rings. The molecule has 2 N–H and O–H groups in total. The van der Waals surface area contributed by atoms with Crippen LogP contribution in [-0.4, -0.2) is 40.5 Å². The van der Waals surface area contributed by atoms with Gasteiger partial charge in [0.25, 0.3) is 0 Å². The molecule has 0 saturated heterocycles. The predicted molar refractivity (Wildman–Crippen MR) is 115 cm³/mol. The average molecular weight is 412 g/mol. The van der Waals surface area contributed by atoms with Gasteiger partial charge in [0.15, 0.2) is 11.1 Å². The second kappa shape index (κ2) is 7.48. The second-order valence-corrected chi connectivity index (χ2v) is 8.97. The lowest BCUT2D eigenvalue weighted by Crippen LogP contribution is -2.35. The van der Waals surface area contributed by atoms with Crippen molar-refractivity contribution in [2.24, 2.45) is 4.99 Å². The third-order valence-corrected chi connectivity index (χ3v) is 6.54. The Morgan fingerprint density at radius 1 is 1.18 bits per heavy atom. The fourth-order valence-electron chi connectivity index (χ4n) is 3.43. The van der Waals surface area contributed by atoms with E-state index in [4.69, 9.17) is 9.97 Å². The van der Waals surface area contributed by atoms with Crippen molar-refractivity contribution in [2.45, 2.75) is 26.3 Å². The first-order valence-corrected chi connectivity index (χ1v) is 11.1. The van der Waals surface area contributed by atoms with Crippen LogP contribution in [0.5, 0.6) is 0 Å². The number of anilines is 2. The Kier molecular flexibility index (Phi) is 4.69. The zero-order chi connectivity index (χ0) is 18.9. The molecular formula is C19H21N7S2. The maximum absolute atomic E-state index is 4.89. The molecule has 0 atom stereocenters. The van der Waals surface area contributed by atoms with E-state index in [1.165, 1.54) is 10.6 Å². The van der Waals surface area contributed by atoms with Crippen molar-refractivity contribution < 1.29 is 0 Å². The van der Waals surface area contributed by atoms with Gasteiger partial charge in [0.2, 0.25) is 0 Å². The van der Waals surface area contributed by atoms with E-state index in [1.54, 1.807) is 22.7 Å². The van der Waals surface area contributed by atoms with Crippen LogP contribution in [0.1, 0.15) is 22.0 Å². The van der Waals surface area contributed by atoms with Crippen LogP contribution in [0.25, 0.3) is 11.4 Å². The molecule has 0 unspecified atom stereocenters. The largest absolute Gasteiger partial charge is 0.356 e. The van der Waals surface area contributed by atoms with Gasteiger partial charge >= 0.3 is 0 Å². The van der Waals surface area contributed by atoms with Crippen LogP contribution in [0.4, 0.5) is 10.9 Å². The minimum absolute atomic E-state index is 0.804. The molecule has 144 valence electrons. The SMILES string of the molecule is Cc1nc2c(s1)CN(c1cccc(-c3csc(NC4=NCCCN4)n3)n1)CC2. The first kappa shape index (κ1) is 17.6. The van der Waals surface area contributed by atoms with Crippen molar-refractivity contribution in [3.8, 4) is 11.4 Å². The van der Waals surface area contributed by atoms with Crippen molar-refractivity contribution in [3.05, 3.63) is 39.2 Å². The highest BCUT2D eigenvalue weighted by molar-refractivity contribution is 7.14. The number of aryl methyl sites for hydroxylation is 1. The maximum atomic E-state index is 4.89. The molecule has 9 heteroatoms. The fraction of sp³-hybridized carbons (Fsp3) is 0.368. The van der Waals surface area contributed by atoms with Gasteiger partial charge in [0.05, 0.1) is 22.9 Å². The molecule has 0 fully saturated rings. The molecule has 2 aliphatic heterocycles. The van der Waals surface area contributed by atoms with Gasteiger partial charge < -0.3 is 15.5 Å². The smallest absolute Gasteiger partial charge is 0.197 e. The van der Waals surface area contributed by atoms with E-state index in [9.17, 15) is 0 Å². The highest BCUT2D eigenvalue weighted by Gasteiger charge is 2.21. The van der Waals surface area contributed by atoms with Crippen LogP contribution < -0.4 is 15.5 Å². The zero-order valence-corrected chi connectivity index (χ0v) is 17.2. The number of fused-ring (bicyclic) bond motifs is 1. The van der Waals surface area contributed by atoms with Crippen LogP contribution in [0.3, 0.4) is 0 Å². The summed E-state index contributed by atoms with van der Waals surface area (Å²) in [7, 11) is 0. The Morgan fingerprint density at radius 2 is 2.14 bits per heavy atom. The first-order chi connectivity index (χ1) is 13.7. The summed E-state index contributed by atoms with van der Waals surface area (Å²) in [4.78, 5) is 22.3. The van der Waals surface area contributed by atoms with E-state index in [1.807, 2.05) is 11.4 Å². The van der Waals surface area contributed by atoms with E-state index >= 15 is 0 Å². The number of pyridine rings is 1. The van der Waals surface area contributed by atoms with Crippen molar-refractivity contribution in [1.29, 1.82) is 0 Å². The monoisotopic (exact) mass is 411 g/mol. The third kappa shape index (κ3) is 3.59. The van der Waals surface area contributed by atoms with E-state index < -0.39 is 0 Å². The van der Waals surface area contributed by atoms with Gasteiger partial charge in [0.1, 0.15) is 11.5 Å². The average Bonchev–Trinajstić information content (AvgIpc) is 3.34. The molecule has 3 aromatic heterocycles. The number of rotatable bonds is 3. The highest BCUT2D eigenvalue weighted by Crippen LogP contribution is 2.29. The van der Waals surface area contributed by atoms with Crippen molar-refractivity contribution in [1.82, 2.24) is 20.3 Å². The molecule has 28 heavy (non-hydrogen) atoms. The molecular weight excluding hydrogens is 390 g/mol. The van der Waals surface area contributed by atoms with Crippen LogP contribution in [0.15, 0.2) is 28.6 Å². The van der Waals surface area contributed by atoms with Crippen LogP contribution in [-0.2, 0) is 13.0 Å². The lowest BCUT2D eigenvalue weighted by Gasteiger charge is -2.27. The summed E-state index contributed by atoms with van der Waals surface area (Å²) in [6.07, 6.45) is 2.05. The fourth-order valence-corrected chi connectivity index (χ4v) is 5.13. The van der Waals surface area contributed by atoms with Gasteiger partial charge in [-0.25, -0.2) is 15.0 Å². The van der Waals surface area contributed by atoms with Crippen molar-refractivity contribution in [3.63, 3.8) is 0 Å². The Morgan fingerprint density at radius 3 is 3.04 bits per heavy atom. The Balaban J connectivity index is 1.34. The molecule has 0 bridgehead atoms. The molecule has 0 saturated carbocycles. The number of aliphatic imine (C=N–C) groups is 1. The van der Waals surface area contributed by atoms with Crippen molar-refractivity contribution in [2.75, 3.05) is 29.9 Å². The number of hydrogen-bond acceptors (Lipinski definition) is 9. The molecule has 0 aromatic carbocycles. The number of hydrogen-bond donors (Lipinski definition) is 2. The quantitative estimate of drug-likeness (QED) is 0.689. The molecule has 0 aliphatic carbocycles. The summed E-state index contributed by atoms with van der Waals surface area (Å²) < 4.78 is 0. The van der Waals surface area contributed by atoms with E-state index in [0.29, 0.717) is 0 Å². The first-order valence-electron chi connectivity index (χ1n) is 9.43. The normalized spacial score (nSPS) is 16.3. The third-order valence-electron chi connectivity index (χ3n) is 4.79. The molecule has 5 heterocycles. The van der Waals surface area contributed by atoms with E-state index in [2.05, 4.69) is 44.6 Å². The molecule has 0 amide bonds. The minimum Gasteiger partial charge on any atom is -0.356 e. The number of aromatic nitrogens is 3. The van der Waals surface area contributed by atoms with Gasteiger partial charge in [-0.3, -0.25) is 4.99 Å². The zero-order valence-electron chi connectivity index (χ0n) is 15.6. The summed E-state index contributed by atoms with van der Waals surface area (Å²) in [6.45, 7) is 5.71. The van der Waals surface area contributed by atoms with Crippen LogP contribution in [0, 0.1) is 6.92 Å². The summed E-state index contributed by atoms with van der Waals surface area (Å²) >= 11 is 3.36. The Labute approximate surface area is 171 Å². The molecule has 0 spiro atoms. The molecule has 5 rings (SSSR count). The molecule has 0 radical (unpaired) electrons. The van der Waals surface area contributed by atoms with Gasteiger partial charge in [-0.05, 0) is 25.5 Å². The van der Waals surface area contributed by atoms with Gasteiger partial charge in [-0.1, -0.05) is 6.07 Å². The summed E-state index contributed by atoms with van der Waals surface area (Å²) in [5.74, 6) is 1.80. The Bertz CT molecular complexity index is 1020. The minimum atomic E-state index is 0.804.